The number of rotatable bonds is 30. The smallest absolute Gasteiger partial charge is 0.224 e. The summed E-state index contributed by atoms with van der Waals surface area (Å²) in [5.41, 5.74) is 43.5. The first kappa shape index (κ1) is 49.5. The summed E-state index contributed by atoms with van der Waals surface area (Å²) in [6.45, 7) is 5.54. The molecule has 55 heavy (non-hydrogen) atoms. The van der Waals surface area contributed by atoms with Crippen molar-refractivity contribution in [3.63, 3.8) is 0 Å². The highest BCUT2D eigenvalue weighted by atomic mass is 16.2. The Bertz CT molecular complexity index is 1370. The highest BCUT2D eigenvalue weighted by Gasteiger charge is 2.31. The molecule has 0 rings (SSSR count). The largest absolute Gasteiger partial charge is 0.370 e. The molecule has 0 saturated heterocycles. The number of hydrogen-bond donors (Lipinski definition) is 11. The minimum atomic E-state index is -1.10. The summed E-state index contributed by atoms with van der Waals surface area (Å²) >= 11 is 0. The molecule has 21 heteroatoms. The lowest BCUT2D eigenvalue weighted by molar-refractivity contribution is -0.135. The molecule has 0 aromatic heterocycles. The highest BCUT2D eigenvalue weighted by molar-refractivity contribution is 5.96. The lowest BCUT2D eigenvalue weighted by Gasteiger charge is -2.25. The molecule has 4 atom stereocenters. The van der Waals surface area contributed by atoms with Crippen molar-refractivity contribution in [2.24, 2.45) is 83.6 Å². The van der Waals surface area contributed by atoms with Gasteiger partial charge in [0, 0.05) is 63.2 Å². The van der Waals surface area contributed by atoms with Crippen LogP contribution < -0.4 is 61.8 Å². The fourth-order valence-corrected chi connectivity index (χ4v) is 5.33. The van der Waals surface area contributed by atoms with Gasteiger partial charge >= 0.3 is 0 Å². The molecule has 0 aliphatic heterocycles. The van der Waals surface area contributed by atoms with E-state index in [1.54, 1.807) is 20.8 Å². The van der Waals surface area contributed by atoms with E-state index in [-0.39, 0.29) is 126 Å². The predicted octanol–water partition coefficient (Wildman–Crippen LogP) is -2.93. The number of guanidine groups is 4. The summed E-state index contributed by atoms with van der Waals surface area (Å²) in [7, 11) is 0. The molecular weight excluding hydrogens is 714 g/mol. The Labute approximate surface area is 323 Å². The van der Waals surface area contributed by atoms with Gasteiger partial charge in [-0.15, -0.1) is 0 Å². The van der Waals surface area contributed by atoms with Crippen LogP contribution in [0.2, 0.25) is 0 Å². The van der Waals surface area contributed by atoms with Crippen molar-refractivity contribution in [2.75, 3.05) is 32.7 Å². The molecule has 21 nitrogen and oxygen atoms in total. The number of nitrogens with two attached hydrogens (primary N) is 8. The quantitative estimate of drug-likeness (QED) is 0.0198. The second-order valence-corrected chi connectivity index (χ2v) is 13.4. The average molecular weight is 780 g/mol. The van der Waals surface area contributed by atoms with E-state index < -0.39 is 47.3 Å². The summed E-state index contributed by atoms with van der Waals surface area (Å²) < 4.78 is 0. The molecule has 0 aromatic carbocycles. The predicted molar refractivity (Wildman–Crippen MR) is 213 cm³/mol. The van der Waals surface area contributed by atoms with E-state index in [1.165, 1.54) is 0 Å². The monoisotopic (exact) mass is 780 g/mol. The minimum absolute atomic E-state index is 0.0966. The third-order valence-electron chi connectivity index (χ3n) is 8.31. The minimum Gasteiger partial charge on any atom is -0.370 e. The van der Waals surface area contributed by atoms with Crippen LogP contribution >= 0.6 is 0 Å². The SMILES string of the molecule is CCC(=O)C(CCCN=C(N)N)NC(=O)C(CCCN=C(N)N)CC(=O)C(CCCN=C(N)N)NC(=O)C(CCCN=C(N)N)CC(=O)CNC(=O)C(C)C. The molecular formula is C34H65N15O6. The first-order valence-electron chi connectivity index (χ1n) is 18.5. The van der Waals surface area contributed by atoms with Crippen LogP contribution in [-0.2, 0) is 28.8 Å². The lowest BCUT2D eigenvalue weighted by atomic mass is 9.90. The van der Waals surface area contributed by atoms with Gasteiger partial charge in [0.05, 0.1) is 18.6 Å². The van der Waals surface area contributed by atoms with Crippen LogP contribution in [0.1, 0.15) is 91.4 Å². The third kappa shape index (κ3) is 24.4. The standard InChI is InChI=1S/C34H65N15O6/c1-4-26(51)24(11-7-15-45-33(39)40)48-30(55)22(10-6-14-44-32(37)38)18-27(52)25(12-8-16-46-34(41)42)49-29(54)21(9-5-13-43-31(35)36)17-23(50)19-47-28(53)20(2)3/h20-22,24-25H,4-19H2,1-3H3,(H,47,53)(H,48,55)(H,49,54)(H4,35,36,43)(H4,37,38,44)(H4,39,40,45)(H4,41,42,46). The van der Waals surface area contributed by atoms with Gasteiger partial charge in [0.2, 0.25) is 17.7 Å². The Kier molecular flexibility index (Phi) is 25.2. The molecule has 0 heterocycles. The van der Waals surface area contributed by atoms with E-state index >= 15 is 0 Å². The molecule has 4 unspecified atom stereocenters. The Morgan fingerprint density at radius 2 is 0.873 bits per heavy atom. The number of nitrogens with one attached hydrogen (secondary N) is 3. The van der Waals surface area contributed by atoms with E-state index in [0.717, 1.165) is 0 Å². The summed E-state index contributed by atoms with van der Waals surface area (Å²) in [4.78, 5) is 95.1. The number of aliphatic imine (C=N–C) groups is 4. The molecule has 0 aromatic rings. The molecule has 0 saturated carbocycles. The van der Waals surface area contributed by atoms with Crippen LogP contribution in [0.5, 0.6) is 0 Å². The average Bonchev–Trinajstić information content (AvgIpc) is 3.10. The van der Waals surface area contributed by atoms with Crippen molar-refractivity contribution in [3.05, 3.63) is 0 Å². The summed E-state index contributed by atoms with van der Waals surface area (Å²) in [5, 5.41) is 8.13. The Morgan fingerprint density at radius 3 is 1.24 bits per heavy atom. The number of hydrogen-bond acceptors (Lipinski definition) is 10. The fraction of sp³-hybridized carbons (Fsp3) is 0.706. The van der Waals surface area contributed by atoms with Crippen molar-refractivity contribution in [3.8, 4) is 0 Å². The van der Waals surface area contributed by atoms with Gasteiger partial charge < -0.3 is 61.8 Å². The molecule has 0 radical (unpaired) electrons. The van der Waals surface area contributed by atoms with Gasteiger partial charge in [-0.05, 0) is 51.4 Å². The third-order valence-corrected chi connectivity index (χ3v) is 8.31. The van der Waals surface area contributed by atoms with Crippen LogP contribution in [0.3, 0.4) is 0 Å². The van der Waals surface area contributed by atoms with E-state index in [0.29, 0.717) is 19.3 Å². The van der Waals surface area contributed by atoms with Crippen molar-refractivity contribution in [2.45, 2.75) is 103 Å². The number of carbonyl (C=O) groups is 6. The first-order chi connectivity index (χ1) is 25.9. The molecule has 0 aliphatic rings. The van der Waals surface area contributed by atoms with Gasteiger partial charge in [-0.1, -0.05) is 20.8 Å². The number of nitrogens with zero attached hydrogens (tertiary/aromatic N) is 4. The summed E-state index contributed by atoms with van der Waals surface area (Å²) in [6.07, 6.45) is 1.71. The molecule has 312 valence electrons. The van der Waals surface area contributed by atoms with Crippen molar-refractivity contribution >= 4 is 58.9 Å². The van der Waals surface area contributed by atoms with Crippen LogP contribution in [0.4, 0.5) is 0 Å². The van der Waals surface area contributed by atoms with Crippen LogP contribution in [0, 0.1) is 17.8 Å². The molecule has 0 aliphatic carbocycles. The van der Waals surface area contributed by atoms with Crippen LogP contribution in [-0.4, -0.2) is 104 Å². The van der Waals surface area contributed by atoms with Gasteiger partial charge in [0.25, 0.3) is 0 Å². The van der Waals surface area contributed by atoms with Crippen molar-refractivity contribution < 1.29 is 28.8 Å². The summed E-state index contributed by atoms with van der Waals surface area (Å²) in [5.74, 6) is -5.20. The molecule has 0 fully saturated rings. The van der Waals surface area contributed by atoms with Gasteiger partial charge in [0.15, 0.2) is 41.2 Å². The number of carbonyl (C=O) groups excluding carboxylic acids is 6. The Hall–Kier alpha value is -5.50. The normalized spacial score (nSPS) is 12.9. The lowest BCUT2D eigenvalue weighted by Crippen LogP contribution is -2.47. The van der Waals surface area contributed by atoms with E-state index in [9.17, 15) is 28.8 Å². The zero-order chi connectivity index (χ0) is 41.9. The van der Waals surface area contributed by atoms with E-state index in [2.05, 4.69) is 35.9 Å². The van der Waals surface area contributed by atoms with E-state index in [4.69, 9.17) is 45.9 Å². The molecule has 3 amide bonds. The maximum Gasteiger partial charge on any atom is 0.224 e. The second-order valence-electron chi connectivity index (χ2n) is 13.4. The highest BCUT2D eigenvalue weighted by Crippen LogP contribution is 2.19. The second kappa shape index (κ2) is 28.0. The zero-order valence-corrected chi connectivity index (χ0v) is 32.6. The summed E-state index contributed by atoms with van der Waals surface area (Å²) in [6, 6.07) is -1.95. The van der Waals surface area contributed by atoms with Crippen molar-refractivity contribution in [1.82, 2.24) is 16.0 Å². The fourth-order valence-electron chi connectivity index (χ4n) is 5.33. The topological polar surface area (TPSA) is 396 Å². The van der Waals surface area contributed by atoms with Crippen LogP contribution in [0.25, 0.3) is 0 Å². The molecule has 0 bridgehead atoms. The Morgan fingerprint density at radius 1 is 0.509 bits per heavy atom. The van der Waals surface area contributed by atoms with Crippen molar-refractivity contribution in [1.29, 1.82) is 0 Å². The van der Waals surface area contributed by atoms with Gasteiger partial charge in [0.1, 0.15) is 0 Å². The van der Waals surface area contributed by atoms with Gasteiger partial charge in [-0.25, -0.2) is 0 Å². The van der Waals surface area contributed by atoms with Crippen LogP contribution in [0.15, 0.2) is 20.0 Å². The van der Waals surface area contributed by atoms with Gasteiger partial charge in [-0.2, -0.15) is 0 Å². The number of amides is 3. The zero-order valence-electron chi connectivity index (χ0n) is 32.6. The molecule has 0 spiro atoms. The maximum atomic E-state index is 14.0. The maximum absolute atomic E-state index is 14.0. The number of ketones is 3. The van der Waals surface area contributed by atoms with E-state index in [1.807, 2.05) is 0 Å². The number of Topliss-reactive ketones (excluding diaryl/α,β-unsaturated/α-hetero) is 3. The Balaban J connectivity index is 6.37. The first-order valence-corrected chi connectivity index (χ1v) is 18.5. The molecule has 19 N–H and O–H groups in total. The van der Waals surface area contributed by atoms with Gasteiger partial charge in [-0.3, -0.25) is 48.7 Å².